The number of amides is 1. The maximum absolute atomic E-state index is 11.8. The Morgan fingerprint density at radius 2 is 2.22 bits per heavy atom. The molecule has 0 fully saturated rings. The molecule has 0 aliphatic carbocycles. The summed E-state index contributed by atoms with van der Waals surface area (Å²) >= 11 is 0. The van der Waals surface area contributed by atoms with Gasteiger partial charge in [0.25, 0.3) is 0 Å². The highest BCUT2D eigenvalue weighted by molar-refractivity contribution is 6.64. The van der Waals surface area contributed by atoms with E-state index in [2.05, 4.69) is 5.32 Å². The molecule has 6 nitrogen and oxygen atoms in total. The van der Waals surface area contributed by atoms with E-state index in [0.29, 0.717) is 13.2 Å². The Bertz CT molecular complexity index is 601. The molecule has 2 heterocycles. The first kappa shape index (κ1) is 16.1. The fraction of sp³-hybridized carbons (Fsp3) is 0.562. The summed E-state index contributed by atoms with van der Waals surface area (Å²) in [6.45, 7) is 8.23. The predicted octanol–water partition coefficient (Wildman–Crippen LogP) is 1.78. The minimum absolute atomic E-state index is 0.0194. The first-order valence-electron chi connectivity index (χ1n) is 7.87. The van der Waals surface area contributed by atoms with Crippen molar-refractivity contribution >= 4 is 18.7 Å². The summed E-state index contributed by atoms with van der Waals surface area (Å²) in [4.78, 5) is 11.8. The molecule has 3 rings (SSSR count). The highest BCUT2D eigenvalue weighted by atomic mass is 16.6. The first-order chi connectivity index (χ1) is 10.8. The molecule has 0 radical (unpaired) electrons. The van der Waals surface area contributed by atoms with Gasteiger partial charge < -0.3 is 24.1 Å². The number of alkyl carbamates (subject to hydrolysis) is 1. The average Bonchev–Trinajstić information content (AvgIpc) is 2.71. The van der Waals surface area contributed by atoms with Crippen LogP contribution in [0, 0.1) is 0 Å². The molecule has 0 saturated carbocycles. The van der Waals surface area contributed by atoms with E-state index < -0.39 is 18.8 Å². The Hall–Kier alpha value is -1.73. The Morgan fingerprint density at radius 1 is 1.43 bits per heavy atom. The van der Waals surface area contributed by atoms with E-state index in [9.17, 15) is 4.79 Å². The number of carbonyl (C=O) groups excluding carboxylic acids is 1. The number of hydrogen-bond donors (Lipinski definition) is 1. The predicted molar refractivity (Wildman–Crippen MR) is 85.9 cm³/mol. The molecule has 0 saturated heterocycles. The van der Waals surface area contributed by atoms with E-state index in [-0.39, 0.29) is 12.2 Å². The van der Waals surface area contributed by atoms with Crippen LogP contribution >= 0.6 is 0 Å². The second-order valence-corrected chi connectivity index (χ2v) is 6.86. The molecule has 124 valence electrons. The third-order valence-corrected chi connectivity index (χ3v) is 3.61. The van der Waals surface area contributed by atoms with Gasteiger partial charge in [0.15, 0.2) is 0 Å². The second-order valence-electron chi connectivity index (χ2n) is 6.86. The van der Waals surface area contributed by atoms with E-state index in [1.807, 2.05) is 45.9 Å². The SMILES string of the molecule is CC1COB2OC(CNC(=O)OC(C)(C)C)c3cccc(c32)O1. The fourth-order valence-electron chi connectivity index (χ4n) is 2.73. The van der Waals surface area contributed by atoms with Crippen LogP contribution in [0.4, 0.5) is 4.79 Å². The molecule has 0 aromatic heterocycles. The van der Waals surface area contributed by atoms with Crippen LogP contribution in [0.5, 0.6) is 5.75 Å². The molecule has 2 aliphatic heterocycles. The molecular weight excluding hydrogens is 297 g/mol. The number of benzene rings is 1. The molecule has 2 atom stereocenters. The van der Waals surface area contributed by atoms with Crippen molar-refractivity contribution in [3.8, 4) is 5.75 Å². The number of ether oxygens (including phenoxy) is 2. The number of hydrogen-bond acceptors (Lipinski definition) is 5. The van der Waals surface area contributed by atoms with Gasteiger partial charge in [-0.15, -0.1) is 0 Å². The molecule has 0 spiro atoms. The minimum Gasteiger partial charge on any atom is -0.489 e. The highest BCUT2D eigenvalue weighted by Gasteiger charge is 2.42. The molecule has 1 aromatic rings. The zero-order chi connectivity index (χ0) is 16.6. The van der Waals surface area contributed by atoms with Gasteiger partial charge in [0, 0.05) is 12.0 Å². The van der Waals surface area contributed by atoms with Crippen molar-refractivity contribution in [3.05, 3.63) is 23.8 Å². The fourth-order valence-corrected chi connectivity index (χ4v) is 2.73. The summed E-state index contributed by atoms with van der Waals surface area (Å²) in [6.07, 6.45) is -0.756. The lowest BCUT2D eigenvalue weighted by Crippen LogP contribution is -2.35. The van der Waals surface area contributed by atoms with Crippen LogP contribution in [0.1, 0.15) is 39.4 Å². The Labute approximate surface area is 136 Å². The zero-order valence-corrected chi connectivity index (χ0v) is 13.9. The molecule has 2 unspecified atom stereocenters. The molecule has 23 heavy (non-hydrogen) atoms. The molecule has 2 aliphatic rings. The van der Waals surface area contributed by atoms with Gasteiger partial charge >= 0.3 is 13.2 Å². The second kappa shape index (κ2) is 6.05. The van der Waals surface area contributed by atoms with E-state index in [1.165, 1.54) is 0 Å². The van der Waals surface area contributed by atoms with Crippen LogP contribution in [0.25, 0.3) is 0 Å². The van der Waals surface area contributed by atoms with Crippen LogP contribution in [0.3, 0.4) is 0 Å². The van der Waals surface area contributed by atoms with Crippen LogP contribution in [0.2, 0.25) is 0 Å². The number of carbonyl (C=O) groups is 1. The average molecular weight is 319 g/mol. The van der Waals surface area contributed by atoms with Crippen LogP contribution in [-0.2, 0) is 14.0 Å². The summed E-state index contributed by atoms with van der Waals surface area (Å²) in [7, 11) is -0.448. The van der Waals surface area contributed by atoms with Crippen molar-refractivity contribution in [2.75, 3.05) is 13.2 Å². The molecule has 7 heteroatoms. The topological polar surface area (TPSA) is 66.0 Å². The summed E-state index contributed by atoms with van der Waals surface area (Å²) in [6, 6.07) is 5.82. The van der Waals surface area contributed by atoms with E-state index in [1.54, 1.807) is 0 Å². The van der Waals surface area contributed by atoms with Crippen molar-refractivity contribution in [3.63, 3.8) is 0 Å². The van der Waals surface area contributed by atoms with Gasteiger partial charge in [-0.2, -0.15) is 0 Å². The molecule has 1 aromatic carbocycles. The molecule has 1 N–H and O–H groups in total. The quantitative estimate of drug-likeness (QED) is 0.842. The van der Waals surface area contributed by atoms with Gasteiger partial charge in [-0.3, -0.25) is 0 Å². The first-order valence-corrected chi connectivity index (χ1v) is 7.87. The van der Waals surface area contributed by atoms with Crippen molar-refractivity contribution < 1.29 is 23.6 Å². The lowest BCUT2D eigenvalue weighted by atomic mass is 9.78. The third kappa shape index (κ3) is 3.62. The van der Waals surface area contributed by atoms with E-state index >= 15 is 0 Å². The normalized spacial score (nSPS) is 22.9. The highest BCUT2D eigenvalue weighted by Crippen LogP contribution is 2.30. The number of nitrogens with one attached hydrogen (secondary N) is 1. The minimum atomic E-state index is -0.526. The lowest BCUT2D eigenvalue weighted by Gasteiger charge is -2.21. The summed E-state index contributed by atoms with van der Waals surface area (Å²) in [5.41, 5.74) is 1.38. The molecule has 0 bridgehead atoms. The van der Waals surface area contributed by atoms with Crippen LogP contribution < -0.4 is 15.5 Å². The van der Waals surface area contributed by atoms with E-state index in [0.717, 1.165) is 16.8 Å². The number of rotatable bonds is 2. The van der Waals surface area contributed by atoms with Gasteiger partial charge in [-0.05, 0) is 39.3 Å². The molecule has 1 amide bonds. The molecular formula is C16H22BNO5. The standard InChI is InChI=1S/C16H22BNO5/c1-10-9-20-17-14-11(6-5-7-12(14)21-10)13(23-17)8-18-15(19)22-16(2,3)4/h5-7,10,13H,8-9H2,1-4H3,(H,18,19). The van der Waals surface area contributed by atoms with Crippen LogP contribution in [-0.4, -0.2) is 38.1 Å². The summed E-state index contributed by atoms with van der Waals surface area (Å²) in [5.74, 6) is 0.789. The third-order valence-electron chi connectivity index (χ3n) is 3.61. The largest absolute Gasteiger partial charge is 0.498 e. The van der Waals surface area contributed by atoms with Crippen molar-refractivity contribution in [1.82, 2.24) is 5.32 Å². The Balaban J connectivity index is 1.71. The van der Waals surface area contributed by atoms with E-state index in [4.69, 9.17) is 18.8 Å². The van der Waals surface area contributed by atoms with Gasteiger partial charge in [-0.1, -0.05) is 12.1 Å². The maximum atomic E-state index is 11.8. The smallest absolute Gasteiger partial charge is 0.489 e. The van der Waals surface area contributed by atoms with Gasteiger partial charge in [0.1, 0.15) is 17.5 Å². The van der Waals surface area contributed by atoms with Gasteiger partial charge in [-0.25, -0.2) is 4.79 Å². The van der Waals surface area contributed by atoms with Crippen molar-refractivity contribution in [2.45, 2.75) is 45.5 Å². The Kier molecular flexibility index (Phi) is 4.25. The summed E-state index contributed by atoms with van der Waals surface area (Å²) in [5, 5.41) is 2.75. The lowest BCUT2D eigenvalue weighted by molar-refractivity contribution is 0.0491. The van der Waals surface area contributed by atoms with Gasteiger partial charge in [0.2, 0.25) is 0 Å². The summed E-state index contributed by atoms with van der Waals surface area (Å²) < 4.78 is 22.8. The maximum Gasteiger partial charge on any atom is 0.498 e. The van der Waals surface area contributed by atoms with Crippen molar-refractivity contribution in [1.29, 1.82) is 0 Å². The van der Waals surface area contributed by atoms with Crippen LogP contribution in [0.15, 0.2) is 18.2 Å². The Morgan fingerprint density at radius 3 is 2.96 bits per heavy atom. The monoisotopic (exact) mass is 319 g/mol. The zero-order valence-electron chi connectivity index (χ0n) is 13.9. The van der Waals surface area contributed by atoms with Crippen molar-refractivity contribution in [2.24, 2.45) is 0 Å². The van der Waals surface area contributed by atoms with Gasteiger partial charge in [0.05, 0.1) is 12.7 Å².